The van der Waals surface area contributed by atoms with Gasteiger partial charge in [0.05, 0.1) is 0 Å². The van der Waals surface area contributed by atoms with E-state index in [4.69, 9.17) is 5.26 Å². The summed E-state index contributed by atoms with van der Waals surface area (Å²) in [6, 6.07) is 5.47. The van der Waals surface area contributed by atoms with Crippen LogP contribution in [0.2, 0.25) is 0 Å². The fourth-order valence-corrected chi connectivity index (χ4v) is 2.21. The molecule has 0 spiro atoms. The molecule has 2 rings (SSSR count). The van der Waals surface area contributed by atoms with Gasteiger partial charge >= 0.3 is 11.8 Å². The molecule has 0 aromatic carbocycles. The number of carbonyl (C=O) groups is 2. The van der Waals surface area contributed by atoms with Crippen molar-refractivity contribution in [3.05, 3.63) is 29.6 Å². The number of pyridine rings is 1. The first-order valence-corrected chi connectivity index (χ1v) is 6.48. The first kappa shape index (κ1) is 14.0. The summed E-state index contributed by atoms with van der Waals surface area (Å²) >= 11 is 0. The van der Waals surface area contributed by atoms with Crippen molar-refractivity contribution in [2.45, 2.75) is 26.4 Å². The van der Waals surface area contributed by atoms with E-state index in [2.05, 4.69) is 4.98 Å². The Hall–Kier alpha value is -2.42. The molecule has 0 saturated carbocycles. The van der Waals surface area contributed by atoms with Gasteiger partial charge < -0.3 is 9.80 Å². The molecule has 0 radical (unpaired) electrons. The van der Waals surface area contributed by atoms with Crippen LogP contribution in [0.3, 0.4) is 0 Å². The van der Waals surface area contributed by atoms with Crippen LogP contribution < -0.4 is 0 Å². The third-order valence-electron chi connectivity index (χ3n) is 3.32. The largest absolute Gasteiger partial charge is 0.330 e. The van der Waals surface area contributed by atoms with Gasteiger partial charge in [-0.3, -0.25) is 9.59 Å². The van der Waals surface area contributed by atoms with E-state index in [1.54, 1.807) is 17.0 Å². The maximum atomic E-state index is 12.1. The van der Waals surface area contributed by atoms with Gasteiger partial charge in [-0.2, -0.15) is 5.26 Å². The molecule has 6 heteroatoms. The van der Waals surface area contributed by atoms with Gasteiger partial charge in [0.2, 0.25) is 0 Å². The van der Waals surface area contributed by atoms with Crippen molar-refractivity contribution in [1.29, 1.82) is 5.26 Å². The SMILES string of the molecule is CC(C)N1CCN(Cc2cccnc2C#N)C(=O)C1=O. The highest BCUT2D eigenvalue weighted by Gasteiger charge is 2.33. The lowest BCUT2D eigenvalue weighted by molar-refractivity contribution is -0.157. The molecule has 0 bridgehead atoms. The number of carbonyl (C=O) groups excluding carboxylic acids is 2. The fourth-order valence-electron chi connectivity index (χ4n) is 2.21. The molecule has 1 saturated heterocycles. The van der Waals surface area contributed by atoms with E-state index in [-0.39, 0.29) is 12.6 Å². The van der Waals surface area contributed by atoms with Crippen LogP contribution in [0.15, 0.2) is 18.3 Å². The van der Waals surface area contributed by atoms with Crippen molar-refractivity contribution in [3.8, 4) is 6.07 Å². The average Bonchev–Trinajstić information content (AvgIpc) is 2.44. The standard InChI is InChI=1S/C14H16N4O2/c1-10(2)18-7-6-17(13(19)14(18)20)9-11-4-3-5-16-12(11)8-15/h3-5,10H,6-7,9H2,1-2H3. The lowest BCUT2D eigenvalue weighted by Gasteiger charge is -2.36. The molecule has 0 N–H and O–H groups in total. The lowest BCUT2D eigenvalue weighted by Crippen LogP contribution is -2.55. The predicted molar refractivity (Wildman–Crippen MR) is 71.2 cm³/mol. The number of piperazine rings is 1. The van der Waals surface area contributed by atoms with E-state index in [1.807, 2.05) is 19.9 Å². The Morgan fingerprint density at radius 3 is 2.75 bits per heavy atom. The normalized spacial score (nSPS) is 15.7. The van der Waals surface area contributed by atoms with Crippen molar-refractivity contribution in [2.75, 3.05) is 13.1 Å². The van der Waals surface area contributed by atoms with Crippen LogP contribution in [0.5, 0.6) is 0 Å². The molecule has 1 aromatic rings. The van der Waals surface area contributed by atoms with Crippen molar-refractivity contribution in [1.82, 2.24) is 14.8 Å². The summed E-state index contributed by atoms with van der Waals surface area (Å²) in [6.07, 6.45) is 1.53. The van der Waals surface area contributed by atoms with E-state index in [0.29, 0.717) is 24.3 Å². The molecule has 2 heterocycles. The monoisotopic (exact) mass is 272 g/mol. The van der Waals surface area contributed by atoms with Crippen molar-refractivity contribution in [2.24, 2.45) is 0 Å². The first-order chi connectivity index (χ1) is 9.54. The van der Waals surface area contributed by atoms with Crippen LogP contribution in [0, 0.1) is 11.3 Å². The van der Waals surface area contributed by atoms with Crippen molar-refractivity contribution < 1.29 is 9.59 Å². The first-order valence-electron chi connectivity index (χ1n) is 6.48. The second-order valence-electron chi connectivity index (χ2n) is 4.94. The molecular weight excluding hydrogens is 256 g/mol. The summed E-state index contributed by atoms with van der Waals surface area (Å²) in [5.74, 6) is -0.994. The molecule has 1 aliphatic rings. The molecule has 0 atom stereocenters. The Kier molecular flexibility index (Phi) is 3.99. The summed E-state index contributed by atoms with van der Waals surface area (Å²) in [4.78, 5) is 31.0. The number of aromatic nitrogens is 1. The maximum absolute atomic E-state index is 12.1. The number of hydrogen-bond acceptors (Lipinski definition) is 4. The minimum Gasteiger partial charge on any atom is -0.330 e. The molecule has 1 fully saturated rings. The summed E-state index contributed by atoms with van der Waals surface area (Å²) in [6.45, 7) is 5.01. The van der Waals surface area contributed by atoms with Gasteiger partial charge in [0.15, 0.2) is 0 Å². The molecule has 1 aromatic heterocycles. The highest BCUT2D eigenvalue weighted by Crippen LogP contribution is 2.14. The number of nitriles is 1. The smallest absolute Gasteiger partial charge is 0.312 e. The molecule has 1 aliphatic heterocycles. The fraction of sp³-hybridized carbons (Fsp3) is 0.429. The zero-order chi connectivity index (χ0) is 14.7. The van der Waals surface area contributed by atoms with Gasteiger partial charge in [-0.05, 0) is 19.9 Å². The van der Waals surface area contributed by atoms with Crippen molar-refractivity contribution >= 4 is 11.8 Å². The van der Waals surface area contributed by atoms with Gasteiger partial charge in [0.1, 0.15) is 11.8 Å². The quantitative estimate of drug-likeness (QED) is 0.752. The molecule has 2 amide bonds. The van der Waals surface area contributed by atoms with Crippen LogP contribution >= 0.6 is 0 Å². The number of amides is 2. The van der Waals surface area contributed by atoms with Crippen LogP contribution in [0.4, 0.5) is 0 Å². The summed E-state index contributed by atoms with van der Waals surface area (Å²) in [5.41, 5.74) is 0.952. The number of hydrogen-bond donors (Lipinski definition) is 0. The maximum Gasteiger partial charge on any atom is 0.312 e. The van der Waals surface area contributed by atoms with Gasteiger partial charge in [0, 0.05) is 37.4 Å². The Morgan fingerprint density at radius 1 is 1.35 bits per heavy atom. The summed E-state index contributed by atoms with van der Waals surface area (Å²) in [7, 11) is 0. The molecule has 0 unspecified atom stereocenters. The Labute approximate surface area is 117 Å². The highest BCUT2D eigenvalue weighted by molar-refractivity contribution is 6.35. The number of rotatable bonds is 3. The summed E-state index contributed by atoms with van der Waals surface area (Å²) < 4.78 is 0. The predicted octanol–water partition coefficient (Wildman–Crippen LogP) is 0.532. The van der Waals surface area contributed by atoms with E-state index in [1.165, 1.54) is 11.1 Å². The van der Waals surface area contributed by atoms with Gasteiger partial charge in [0.25, 0.3) is 0 Å². The zero-order valence-corrected chi connectivity index (χ0v) is 11.5. The van der Waals surface area contributed by atoms with Crippen LogP contribution in [0.1, 0.15) is 25.1 Å². The van der Waals surface area contributed by atoms with Gasteiger partial charge in [-0.15, -0.1) is 0 Å². The minimum absolute atomic E-state index is 0.0154. The average molecular weight is 272 g/mol. The summed E-state index contributed by atoms with van der Waals surface area (Å²) in [5, 5.41) is 8.99. The van der Waals surface area contributed by atoms with E-state index in [9.17, 15) is 9.59 Å². The Morgan fingerprint density at radius 2 is 2.10 bits per heavy atom. The number of nitrogens with zero attached hydrogens (tertiary/aromatic N) is 4. The van der Waals surface area contributed by atoms with Gasteiger partial charge in [-0.25, -0.2) is 4.98 Å². The molecule has 0 aliphatic carbocycles. The highest BCUT2D eigenvalue weighted by atomic mass is 16.2. The Bertz CT molecular complexity index is 577. The third-order valence-corrected chi connectivity index (χ3v) is 3.32. The molecule has 104 valence electrons. The topological polar surface area (TPSA) is 77.3 Å². The Balaban J connectivity index is 2.14. The second-order valence-corrected chi connectivity index (χ2v) is 4.94. The van der Waals surface area contributed by atoms with Crippen LogP contribution in [-0.2, 0) is 16.1 Å². The van der Waals surface area contributed by atoms with Crippen LogP contribution in [0.25, 0.3) is 0 Å². The van der Waals surface area contributed by atoms with E-state index >= 15 is 0 Å². The molecule has 6 nitrogen and oxygen atoms in total. The van der Waals surface area contributed by atoms with Crippen molar-refractivity contribution in [3.63, 3.8) is 0 Å². The molecule has 20 heavy (non-hydrogen) atoms. The lowest BCUT2D eigenvalue weighted by atomic mass is 10.1. The minimum atomic E-state index is -0.516. The third kappa shape index (κ3) is 2.62. The van der Waals surface area contributed by atoms with E-state index in [0.717, 1.165) is 0 Å². The molecular formula is C14H16N4O2. The van der Waals surface area contributed by atoms with Crippen LogP contribution in [-0.4, -0.2) is 45.7 Å². The van der Waals surface area contributed by atoms with Gasteiger partial charge in [-0.1, -0.05) is 6.07 Å². The second kappa shape index (κ2) is 5.70. The van der Waals surface area contributed by atoms with E-state index < -0.39 is 11.8 Å². The zero-order valence-electron chi connectivity index (χ0n) is 11.5.